The molecule has 1 aliphatic heterocycles. The Balaban J connectivity index is 2.73. The second-order valence-electron chi connectivity index (χ2n) is 10.8. The van der Waals surface area contributed by atoms with E-state index in [0.29, 0.717) is 0 Å². The maximum Gasteiger partial charge on any atom is 0.326 e. The number of amides is 5. The molecule has 0 spiro atoms. The standard InChI is InChI=1S/C26H44N6O14/c1-10(29-23(39)11(2)45-20-18(30-12(3)34)26(44)46-16(9-33)19(20)36)22(38)32-15(25(42)43)7-8-17(35)31-14(24(40)41)6-4-5-13(27)21(28)37/h10-11,13-16,18-20,26,33,36,44H,4-9,27H2,1-3H3,(H2,28,37)(H,29,39)(H,30,34)(H,31,35)(H,32,38)(H,40,41)(H,42,43)/t10-,11-,13+,14+,15-,16+,18+,19+,20+,26-/m0/s1. The molecule has 262 valence electrons. The van der Waals surface area contributed by atoms with Gasteiger partial charge in [0.15, 0.2) is 6.29 Å². The lowest BCUT2D eigenvalue weighted by atomic mass is 9.96. The van der Waals surface area contributed by atoms with E-state index in [1.54, 1.807) is 0 Å². The molecule has 0 bridgehead atoms. The van der Waals surface area contributed by atoms with Gasteiger partial charge in [-0.2, -0.15) is 0 Å². The fourth-order valence-electron chi connectivity index (χ4n) is 4.37. The zero-order chi connectivity index (χ0) is 35.3. The summed E-state index contributed by atoms with van der Waals surface area (Å²) in [4.78, 5) is 83.6. The number of carbonyl (C=O) groups is 7. The van der Waals surface area contributed by atoms with Gasteiger partial charge in [-0.1, -0.05) is 0 Å². The summed E-state index contributed by atoms with van der Waals surface area (Å²) in [7, 11) is 0. The summed E-state index contributed by atoms with van der Waals surface area (Å²) < 4.78 is 10.6. The lowest BCUT2D eigenvalue weighted by Gasteiger charge is -2.43. The van der Waals surface area contributed by atoms with Gasteiger partial charge in [-0.3, -0.25) is 24.0 Å². The highest BCUT2D eigenvalue weighted by Crippen LogP contribution is 2.23. The Labute approximate surface area is 263 Å². The van der Waals surface area contributed by atoms with Crippen molar-refractivity contribution in [3.8, 4) is 0 Å². The van der Waals surface area contributed by atoms with Crippen LogP contribution >= 0.6 is 0 Å². The molecule has 1 heterocycles. The lowest BCUT2D eigenvalue weighted by Crippen LogP contribution is -2.65. The van der Waals surface area contributed by atoms with Crippen molar-refractivity contribution in [2.75, 3.05) is 6.61 Å². The molecule has 20 nitrogen and oxygen atoms in total. The molecule has 10 atom stereocenters. The van der Waals surface area contributed by atoms with Crippen LogP contribution in [0.3, 0.4) is 0 Å². The van der Waals surface area contributed by atoms with E-state index < -0.39 is 122 Å². The van der Waals surface area contributed by atoms with Gasteiger partial charge in [-0.15, -0.1) is 0 Å². The van der Waals surface area contributed by atoms with Crippen LogP contribution in [-0.4, -0.2) is 135 Å². The molecule has 0 radical (unpaired) electrons. The number of aliphatic hydroxyl groups is 3. The fourth-order valence-corrected chi connectivity index (χ4v) is 4.37. The highest BCUT2D eigenvalue weighted by Gasteiger charge is 2.47. The first-order valence-corrected chi connectivity index (χ1v) is 14.3. The van der Waals surface area contributed by atoms with Crippen molar-refractivity contribution in [3.05, 3.63) is 0 Å². The summed E-state index contributed by atoms with van der Waals surface area (Å²) in [5.74, 6) is -6.94. The van der Waals surface area contributed by atoms with Gasteiger partial charge >= 0.3 is 11.9 Å². The van der Waals surface area contributed by atoms with E-state index in [9.17, 15) is 59.1 Å². The molecule has 13 N–H and O–H groups in total. The van der Waals surface area contributed by atoms with E-state index in [2.05, 4.69) is 21.3 Å². The molecule has 20 heteroatoms. The number of carboxylic acid groups (broad SMARTS) is 2. The van der Waals surface area contributed by atoms with Crippen LogP contribution in [0.2, 0.25) is 0 Å². The molecule has 1 fully saturated rings. The largest absolute Gasteiger partial charge is 0.480 e. The van der Waals surface area contributed by atoms with Gasteiger partial charge in [0.25, 0.3) is 0 Å². The smallest absolute Gasteiger partial charge is 0.326 e. The number of nitrogens with two attached hydrogens (primary N) is 2. The van der Waals surface area contributed by atoms with Crippen molar-refractivity contribution >= 4 is 41.5 Å². The van der Waals surface area contributed by atoms with Crippen LogP contribution in [0.25, 0.3) is 0 Å². The fraction of sp³-hybridized carbons (Fsp3) is 0.731. The van der Waals surface area contributed by atoms with Crippen LogP contribution in [0.1, 0.15) is 52.9 Å². The van der Waals surface area contributed by atoms with E-state index in [1.165, 1.54) is 13.8 Å². The van der Waals surface area contributed by atoms with Gasteiger partial charge in [0.2, 0.25) is 29.5 Å². The molecular weight excluding hydrogens is 620 g/mol. The number of hydrogen-bond donors (Lipinski definition) is 11. The Kier molecular flexibility index (Phi) is 16.5. The second-order valence-corrected chi connectivity index (χ2v) is 10.8. The second kappa shape index (κ2) is 18.9. The zero-order valence-corrected chi connectivity index (χ0v) is 25.6. The molecule has 46 heavy (non-hydrogen) atoms. The number of primary amides is 1. The van der Waals surface area contributed by atoms with Crippen LogP contribution < -0.4 is 32.7 Å². The van der Waals surface area contributed by atoms with E-state index in [1.807, 2.05) is 0 Å². The van der Waals surface area contributed by atoms with Crippen LogP contribution in [0.15, 0.2) is 0 Å². The minimum absolute atomic E-state index is 0.0789. The van der Waals surface area contributed by atoms with Crippen LogP contribution in [0.5, 0.6) is 0 Å². The number of hydrogen-bond acceptors (Lipinski definition) is 13. The molecule has 5 amide bonds. The first-order chi connectivity index (χ1) is 21.4. The zero-order valence-electron chi connectivity index (χ0n) is 25.6. The lowest BCUT2D eigenvalue weighted by molar-refractivity contribution is -0.266. The number of ether oxygens (including phenoxy) is 2. The first kappa shape index (κ1) is 40.1. The Morgan fingerprint density at radius 3 is 2.00 bits per heavy atom. The normalized spacial score (nSPS) is 24.3. The van der Waals surface area contributed by atoms with Gasteiger partial charge < -0.3 is 67.7 Å². The number of aliphatic hydroxyl groups excluding tert-OH is 3. The predicted molar refractivity (Wildman–Crippen MR) is 153 cm³/mol. The highest BCUT2D eigenvalue weighted by atomic mass is 16.6. The number of carbonyl (C=O) groups excluding carboxylic acids is 5. The van der Waals surface area contributed by atoms with Crippen molar-refractivity contribution in [2.24, 2.45) is 11.5 Å². The van der Waals surface area contributed by atoms with Crippen molar-refractivity contribution in [1.29, 1.82) is 0 Å². The minimum Gasteiger partial charge on any atom is -0.480 e. The summed E-state index contributed by atoms with van der Waals surface area (Å²) in [6, 6.07) is -6.59. The molecule has 1 rings (SSSR count). The Bertz CT molecular complexity index is 1110. The predicted octanol–water partition coefficient (Wildman–Crippen LogP) is -5.26. The van der Waals surface area contributed by atoms with Crippen LogP contribution in [-0.2, 0) is 43.0 Å². The van der Waals surface area contributed by atoms with Gasteiger partial charge in [0, 0.05) is 13.3 Å². The number of rotatable bonds is 19. The topological polar surface area (TPSA) is 339 Å². The summed E-state index contributed by atoms with van der Waals surface area (Å²) in [5, 5.41) is 58.1. The van der Waals surface area contributed by atoms with Gasteiger partial charge in [0.05, 0.1) is 12.6 Å². The third kappa shape index (κ3) is 12.8. The van der Waals surface area contributed by atoms with Gasteiger partial charge in [0.1, 0.15) is 48.6 Å². The monoisotopic (exact) mass is 664 g/mol. The van der Waals surface area contributed by atoms with Crippen molar-refractivity contribution in [3.63, 3.8) is 0 Å². The molecule has 1 saturated heterocycles. The average molecular weight is 665 g/mol. The molecule has 1 aliphatic rings. The van der Waals surface area contributed by atoms with Crippen LogP contribution in [0, 0.1) is 0 Å². The van der Waals surface area contributed by atoms with Gasteiger partial charge in [-0.25, -0.2) is 9.59 Å². The molecule has 0 aliphatic carbocycles. The number of carboxylic acids is 2. The van der Waals surface area contributed by atoms with E-state index >= 15 is 0 Å². The maximum atomic E-state index is 12.8. The number of aliphatic carboxylic acids is 2. The average Bonchev–Trinajstić information content (AvgIpc) is 2.96. The van der Waals surface area contributed by atoms with Gasteiger partial charge in [-0.05, 0) is 39.5 Å². The van der Waals surface area contributed by atoms with E-state index in [-0.39, 0.29) is 19.3 Å². The van der Waals surface area contributed by atoms with Crippen LogP contribution in [0.4, 0.5) is 0 Å². The number of nitrogens with one attached hydrogen (secondary N) is 4. The molecule has 0 aromatic rings. The SMILES string of the molecule is CC(=O)N[C@@H]1[C@@H](O[C@@H](C)C(=O)N[C@@H](C)C(=O)N[C@@H](CCC(=O)N[C@H](CCC[C@@H](N)C(N)=O)C(=O)O)C(=O)O)[C@H](O)[C@@H](CO)O[C@@H]1O. The minimum atomic E-state index is -1.70. The third-order valence-corrected chi connectivity index (χ3v) is 7.01. The highest BCUT2D eigenvalue weighted by molar-refractivity contribution is 5.91. The van der Waals surface area contributed by atoms with Crippen molar-refractivity contribution in [2.45, 2.75) is 114 Å². The van der Waals surface area contributed by atoms with E-state index in [0.717, 1.165) is 6.92 Å². The van der Waals surface area contributed by atoms with Crippen molar-refractivity contribution in [1.82, 2.24) is 21.3 Å². The Morgan fingerprint density at radius 2 is 1.48 bits per heavy atom. The maximum absolute atomic E-state index is 12.8. The molecule has 0 aromatic carbocycles. The molecule has 0 aromatic heterocycles. The quantitative estimate of drug-likeness (QED) is 0.0614. The Hall–Kier alpha value is -3.95. The summed E-state index contributed by atoms with van der Waals surface area (Å²) in [6.45, 7) is 2.87. The first-order valence-electron chi connectivity index (χ1n) is 14.3. The summed E-state index contributed by atoms with van der Waals surface area (Å²) >= 11 is 0. The van der Waals surface area contributed by atoms with Crippen molar-refractivity contribution < 1.29 is 68.6 Å². The molecule has 0 saturated carbocycles. The van der Waals surface area contributed by atoms with E-state index in [4.69, 9.17) is 20.9 Å². The summed E-state index contributed by atoms with van der Waals surface area (Å²) in [5.41, 5.74) is 10.5. The third-order valence-electron chi connectivity index (χ3n) is 7.01. The Morgan fingerprint density at radius 1 is 0.891 bits per heavy atom. The molecular formula is C26H44N6O14. The molecule has 0 unspecified atom stereocenters. The summed E-state index contributed by atoms with van der Waals surface area (Å²) in [6.07, 6.45) is -8.18.